The first-order valence-electron chi connectivity index (χ1n) is 3.30. The molecule has 0 bridgehead atoms. The molecule has 2 heterocycles. The molecule has 0 saturated carbocycles. The van der Waals surface area contributed by atoms with Crippen LogP contribution in [-0.4, -0.2) is 22.2 Å². The van der Waals surface area contributed by atoms with Crippen molar-refractivity contribution in [2.24, 2.45) is 0 Å². The molecule has 0 aromatic carbocycles. The molecule has 0 fully saturated rings. The number of thiazole rings is 1. The highest BCUT2D eigenvalue weighted by Gasteiger charge is 2.07. The molecule has 0 saturated heterocycles. The summed E-state index contributed by atoms with van der Waals surface area (Å²) < 4.78 is 4.84. The van der Waals surface area contributed by atoms with Crippen LogP contribution in [0.4, 0.5) is 6.01 Å². The van der Waals surface area contributed by atoms with Crippen molar-refractivity contribution in [2.45, 2.75) is 0 Å². The Morgan fingerprint density at radius 3 is 3.08 bits per heavy atom. The third-order valence-corrected chi connectivity index (χ3v) is 2.06. The maximum absolute atomic E-state index is 4.84. The molecule has 12 heavy (non-hydrogen) atoms. The third-order valence-electron chi connectivity index (χ3n) is 1.29. The molecule has 2 rings (SSSR count). The summed E-state index contributed by atoms with van der Waals surface area (Å²) in [6.07, 6.45) is 1.70. The summed E-state index contributed by atoms with van der Waals surface area (Å²) in [5, 5.41) is 6.50. The van der Waals surface area contributed by atoms with Crippen LogP contribution in [0, 0.1) is 0 Å². The molecular formula is C6H6N4OS. The van der Waals surface area contributed by atoms with Crippen molar-refractivity contribution in [3.05, 3.63) is 11.7 Å². The first-order valence-corrected chi connectivity index (χ1v) is 4.18. The molecular weight excluding hydrogens is 176 g/mol. The highest BCUT2D eigenvalue weighted by molar-refractivity contribution is 7.13. The third kappa shape index (κ3) is 1.16. The van der Waals surface area contributed by atoms with Crippen molar-refractivity contribution >= 4 is 17.4 Å². The fraction of sp³-hybridized carbons (Fsp3) is 0.167. The van der Waals surface area contributed by atoms with Crippen LogP contribution in [0.3, 0.4) is 0 Å². The maximum Gasteiger partial charge on any atom is 0.321 e. The van der Waals surface area contributed by atoms with E-state index >= 15 is 0 Å². The minimum Gasteiger partial charge on any atom is -0.341 e. The van der Waals surface area contributed by atoms with Crippen LogP contribution in [0.5, 0.6) is 0 Å². The molecule has 6 heteroatoms. The summed E-state index contributed by atoms with van der Waals surface area (Å²) in [6.45, 7) is 0. The molecule has 62 valence electrons. The van der Waals surface area contributed by atoms with Gasteiger partial charge in [-0.05, 0) is 0 Å². The number of anilines is 1. The molecule has 0 radical (unpaired) electrons. The van der Waals surface area contributed by atoms with E-state index in [-0.39, 0.29) is 0 Å². The molecule has 0 atom stereocenters. The maximum atomic E-state index is 4.84. The van der Waals surface area contributed by atoms with Crippen LogP contribution in [0.2, 0.25) is 0 Å². The highest BCUT2D eigenvalue weighted by atomic mass is 32.1. The van der Waals surface area contributed by atoms with E-state index in [0.29, 0.717) is 11.8 Å². The van der Waals surface area contributed by atoms with Crippen molar-refractivity contribution < 1.29 is 4.52 Å². The average Bonchev–Trinajstić information content (AvgIpc) is 2.75. The topological polar surface area (TPSA) is 63.8 Å². The van der Waals surface area contributed by atoms with Crippen molar-refractivity contribution in [3.8, 4) is 10.7 Å². The number of nitrogens with one attached hydrogen (secondary N) is 1. The number of aromatic nitrogens is 3. The molecule has 0 spiro atoms. The Kier molecular flexibility index (Phi) is 1.75. The Labute approximate surface area is 72.4 Å². The second kappa shape index (κ2) is 2.90. The standard InChI is InChI=1S/C6H6N4OS/c1-7-6-9-5(10-11-6)4-2-8-3-12-4/h2-3H,1H3,(H,7,9,10). The summed E-state index contributed by atoms with van der Waals surface area (Å²) in [5.41, 5.74) is 1.73. The minimum absolute atomic E-state index is 0.415. The Hall–Kier alpha value is -1.43. The van der Waals surface area contributed by atoms with Gasteiger partial charge in [-0.1, -0.05) is 5.16 Å². The minimum atomic E-state index is 0.415. The fourth-order valence-electron chi connectivity index (χ4n) is 0.751. The van der Waals surface area contributed by atoms with Crippen molar-refractivity contribution in [1.82, 2.24) is 15.1 Å². The van der Waals surface area contributed by atoms with Gasteiger partial charge in [-0.25, -0.2) is 0 Å². The van der Waals surface area contributed by atoms with Crippen molar-refractivity contribution in [1.29, 1.82) is 0 Å². The first kappa shape index (κ1) is 7.23. The number of hydrogen-bond acceptors (Lipinski definition) is 6. The zero-order chi connectivity index (χ0) is 8.39. The van der Waals surface area contributed by atoms with E-state index in [9.17, 15) is 0 Å². The molecule has 2 aromatic rings. The van der Waals surface area contributed by atoms with E-state index in [1.807, 2.05) is 0 Å². The predicted molar refractivity (Wildman–Crippen MR) is 45.0 cm³/mol. The summed E-state index contributed by atoms with van der Waals surface area (Å²) in [5.74, 6) is 0.571. The summed E-state index contributed by atoms with van der Waals surface area (Å²) in [6, 6.07) is 0.415. The number of rotatable bonds is 2. The van der Waals surface area contributed by atoms with Crippen LogP contribution in [0.25, 0.3) is 10.7 Å². The van der Waals surface area contributed by atoms with Crippen LogP contribution in [0.15, 0.2) is 16.2 Å². The largest absolute Gasteiger partial charge is 0.341 e. The molecule has 5 nitrogen and oxygen atoms in total. The van der Waals surface area contributed by atoms with Crippen LogP contribution in [0.1, 0.15) is 0 Å². The lowest BCUT2D eigenvalue weighted by Crippen LogP contribution is -1.86. The lowest BCUT2D eigenvalue weighted by Gasteiger charge is -1.83. The summed E-state index contributed by atoms with van der Waals surface area (Å²) in [4.78, 5) is 8.87. The van der Waals surface area contributed by atoms with Gasteiger partial charge in [0.2, 0.25) is 5.82 Å². The van der Waals surface area contributed by atoms with Gasteiger partial charge in [0.1, 0.15) is 0 Å². The van der Waals surface area contributed by atoms with E-state index in [4.69, 9.17) is 4.52 Å². The van der Waals surface area contributed by atoms with E-state index < -0.39 is 0 Å². The van der Waals surface area contributed by atoms with Gasteiger partial charge in [0, 0.05) is 13.2 Å². The zero-order valence-corrected chi connectivity index (χ0v) is 7.13. The predicted octanol–water partition coefficient (Wildman–Crippen LogP) is 1.23. The smallest absolute Gasteiger partial charge is 0.321 e. The van der Waals surface area contributed by atoms with Gasteiger partial charge in [-0.15, -0.1) is 11.3 Å². The molecule has 0 unspecified atom stereocenters. The molecule has 0 aliphatic heterocycles. The molecule has 2 aromatic heterocycles. The zero-order valence-electron chi connectivity index (χ0n) is 6.31. The Bertz CT molecular complexity index is 355. The SMILES string of the molecule is CNc1nc(-c2cncs2)no1. The average molecular weight is 182 g/mol. The van der Waals surface area contributed by atoms with Gasteiger partial charge in [0.15, 0.2) is 0 Å². The second-order valence-corrected chi connectivity index (χ2v) is 2.93. The Morgan fingerprint density at radius 1 is 1.58 bits per heavy atom. The normalized spacial score (nSPS) is 10.1. The Balaban J connectivity index is 2.35. The van der Waals surface area contributed by atoms with E-state index in [2.05, 4.69) is 20.4 Å². The lowest BCUT2D eigenvalue weighted by molar-refractivity contribution is 0.434. The van der Waals surface area contributed by atoms with Crippen molar-refractivity contribution in [3.63, 3.8) is 0 Å². The van der Waals surface area contributed by atoms with Gasteiger partial charge in [0.25, 0.3) is 0 Å². The van der Waals surface area contributed by atoms with Gasteiger partial charge < -0.3 is 9.84 Å². The quantitative estimate of drug-likeness (QED) is 0.756. The van der Waals surface area contributed by atoms with E-state index in [0.717, 1.165) is 4.88 Å². The van der Waals surface area contributed by atoms with Crippen LogP contribution >= 0.6 is 11.3 Å². The fourth-order valence-corrected chi connectivity index (χ4v) is 1.30. The molecule has 0 amide bonds. The van der Waals surface area contributed by atoms with Gasteiger partial charge in [-0.3, -0.25) is 4.98 Å². The summed E-state index contributed by atoms with van der Waals surface area (Å²) >= 11 is 1.48. The number of hydrogen-bond donors (Lipinski definition) is 1. The second-order valence-electron chi connectivity index (χ2n) is 2.04. The molecule has 1 N–H and O–H groups in total. The van der Waals surface area contributed by atoms with Crippen LogP contribution < -0.4 is 5.32 Å². The first-order chi connectivity index (χ1) is 5.90. The van der Waals surface area contributed by atoms with E-state index in [1.54, 1.807) is 18.8 Å². The van der Waals surface area contributed by atoms with E-state index in [1.165, 1.54) is 11.3 Å². The highest BCUT2D eigenvalue weighted by Crippen LogP contribution is 2.20. The van der Waals surface area contributed by atoms with Gasteiger partial charge in [-0.2, -0.15) is 4.98 Å². The van der Waals surface area contributed by atoms with Gasteiger partial charge in [0.05, 0.1) is 10.4 Å². The molecule has 0 aliphatic rings. The van der Waals surface area contributed by atoms with Gasteiger partial charge >= 0.3 is 6.01 Å². The Morgan fingerprint density at radius 2 is 2.50 bits per heavy atom. The summed E-state index contributed by atoms with van der Waals surface area (Å²) in [7, 11) is 1.73. The van der Waals surface area contributed by atoms with Crippen molar-refractivity contribution in [2.75, 3.05) is 12.4 Å². The number of nitrogens with zero attached hydrogens (tertiary/aromatic N) is 3. The lowest BCUT2D eigenvalue weighted by atomic mass is 10.5. The molecule has 0 aliphatic carbocycles. The monoisotopic (exact) mass is 182 g/mol. The van der Waals surface area contributed by atoms with Crippen LogP contribution in [-0.2, 0) is 0 Å².